The van der Waals surface area contributed by atoms with Crippen LogP contribution in [0.25, 0.3) is 0 Å². The number of hydrogen-bond acceptors (Lipinski definition) is 4. The molecular weight excluding hydrogens is 376 g/mol. The molecule has 9 heteroatoms. The first-order valence-electron chi connectivity index (χ1n) is 9.29. The van der Waals surface area contributed by atoms with Crippen LogP contribution in [0, 0.1) is 11.6 Å². The topological polar surface area (TPSA) is 69.7 Å². The van der Waals surface area contributed by atoms with Gasteiger partial charge < -0.3 is 5.32 Å². The number of benzene rings is 1. The molecule has 1 N–H and O–H groups in total. The third-order valence-electron chi connectivity index (χ3n) is 5.42. The summed E-state index contributed by atoms with van der Waals surface area (Å²) in [5.74, 6) is -2.25. The second-order valence-electron chi connectivity index (χ2n) is 7.16. The predicted octanol–water partition coefficient (Wildman–Crippen LogP) is 1.72. The molecule has 1 saturated heterocycles. The van der Waals surface area contributed by atoms with E-state index in [0.717, 1.165) is 48.2 Å². The summed E-state index contributed by atoms with van der Waals surface area (Å²) >= 11 is 0. The van der Waals surface area contributed by atoms with Crippen LogP contribution in [0.2, 0.25) is 0 Å². The minimum Gasteiger partial charge on any atom is -0.352 e. The lowest BCUT2D eigenvalue weighted by Crippen LogP contribution is -2.55. The van der Waals surface area contributed by atoms with Crippen LogP contribution < -0.4 is 5.32 Å². The van der Waals surface area contributed by atoms with Gasteiger partial charge in [0.05, 0.1) is 6.04 Å². The molecule has 3 rings (SSSR count). The summed E-state index contributed by atoms with van der Waals surface area (Å²) in [5.41, 5.74) is 0. The first-order valence-corrected chi connectivity index (χ1v) is 10.7. The summed E-state index contributed by atoms with van der Waals surface area (Å²) in [4.78, 5) is 13.4. The van der Waals surface area contributed by atoms with E-state index in [1.807, 2.05) is 4.90 Å². The van der Waals surface area contributed by atoms with E-state index in [4.69, 9.17) is 0 Å². The zero-order chi connectivity index (χ0) is 19.6. The van der Waals surface area contributed by atoms with Gasteiger partial charge in [0.1, 0.15) is 11.6 Å². The Bertz CT molecular complexity index is 769. The average molecular weight is 401 g/mol. The molecule has 1 unspecified atom stereocenters. The molecule has 1 saturated carbocycles. The number of nitrogens with zero attached hydrogens (tertiary/aromatic N) is 2. The molecule has 1 aliphatic heterocycles. The van der Waals surface area contributed by atoms with Crippen molar-refractivity contribution in [3.05, 3.63) is 29.8 Å². The molecule has 1 atom stereocenters. The number of halogens is 2. The first kappa shape index (κ1) is 20.2. The fourth-order valence-corrected chi connectivity index (χ4v) is 5.28. The summed E-state index contributed by atoms with van der Waals surface area (Å²) < 4.78 is 54.1. The van der Waals surface area contributed by atoms with Crippen molar-refractivity contribution in [3.63, 3.8) is 0 Å². The van der Waals surface area contributed by atoms with Crippen LogP contribution in [0.15, 0.2) is 23.1 Å². The largest absolute Gasteiger partial charge is 0.352 e. The molecule has 150 valence electrons. The first-order chi connectivity index (χ1) is 12.8. The monoisotopic (exact) mass is 401 g/mol. The number of piperazine rings is 1. The van der Waals surface area contributed by atoms with E-state index >= 15 is 0 Å². The van der Waals surface area contributed by atoms with Gasteiger partial charge in [0, 0.05) is 32.2 Å². The second kappa shape index (κ2) is 8.20. The van der Waals surface area contributed by atoms with Gasteiger partial charge in [0.25, 0.3) is 0 Å². The Hall–Kier alpha value is -1.58. The Labute approximate surface area is 158 Å². The molecule has 1 aromatic carbocycles. The van der Waals surface area contributed by atoms with Gasteiger partial charge >= 0.3 is 0 Å². The number of nitrogens with one attached hydrogen (secondary N) is 1. The minimum atomic E-state index is -4.26. The van der Waals surface area contributed by atoms with Gasteiger partial charge in [-0.05, 0) is 31.9 Å². The van der Waals surface area contributed by atoms with E-state index in [9.17, 15) is 22.0 Å². The Balaban J connectivity index is 1.62. The molecule has 0 aromatic heterocycles. The molecule has 2 fully saturated rings. The quantitative estimate of drug-likeness (QED) is 0.816. The molecule has 1 aromatic rings. The summed E-state index contributed by atoms with van der Waals surface area (Å²) in [6.07, 6.45) is 4.25. The third-order valence-corrected chi connectivity index (χ3v) is 7.37. The van der Waals surface area contributed by atoms with Crippen molar-refractivity contribution in [3.8, 4) is 0 Å². The lowest BCUT2D eigenvalue weighted by atomic mass is 10.2. The number of hydrogen-bond donors (Lipinski definition) is 1. The van der Waals surface area contributed by atoms with Crippen molar-refractivity contribution in [1.29, 1.82) is 0 Å². The van der Waals surface area contributed by atoms with Gasteiger partial charge in [0.15, 0.2) is 4.90 Å². The van der Waals surface area contributed by atoms with Crippen LogP contribution in [0.5, 0.6) is 0 Å². The maximum absolute atomic E-state index is 13.9. The molecule has 1 heterocycles. The highest BCUT2D eigenvalue weighted by Crippen LogP contribution is 2.24. The predicted molar refractivity (Wildman–Crippen MR) is 96.6 cm³/mol. The van der Waals surface area contributed by atoms with E-state index in [1.54, 1.807) is 6.92 Å². The highest BCUT2D eigenvalue weighted by Gasteiger charge is 2.35. The normalized spacial score (nSPS) is 21.3. The molecule has 0 spiro atoms. The van der Waals surface area contributed by atoms with E-state index in [0.29, 0.717) is 13.1 Å². The molecule has 1 aliphatic carbocycles. The fourth-order valence-electron chi connectivity index (χ4n) is 3.75. The van der Waals surface area contributed by atoms with Gasteiger partial charge in [-0.3, -0.25) is 9.69 Å². The van der Waals surface area contributed by atoms with Gasteiger partial charge in [-0.1, -0.05) is 18.9 Å². The van der Waals surface area contributed by atoms with E-state index in [-0.39, 0.29) is 31.1 Å². The van der Waals surface area contributed by atoms with Gasteiger partial charge in [-0.25, -0.2) is 17.2 Å². The second-order valence-corrected chi connectivity index (χ2v) is 9.03. The fraction of sp³-hybridized carbons (Fsp3) is 0.611. The standard InChI is InChI=1S/C18H25F2N3O3S/c1-13(18(24)21-14-5-2-3-6-14)22-9-11-23(12-10-22)27(25,26)17-15(19)7-4-8-16(17)20/h4,7-8,13-14H,2-3,5-6,9-12H2,1H3,(H,21,24). The lowest BCUT2D eigenvalue weighted by Gasteiger charge is -2.37. The molecule has 1 amide bonds. The van der Waals surface area contributed by atoms with Gasteiger partial charge in [-0.2, -0.15) is 4.31 Å². The van der Waals surface area contributed by atoms with Crippen molar-refractivity contribution in [1.82, 2.24) is 14.5 Å². The maximum atomic E-state index is 13.9. The molecule has 6 nitrogen and oxygen atoms in total. The SMILES string of the molecule is CC(C(=O)NC1CCCC1)N1CCN(S(=O)(=O)c2c(F)cccc2F)CC1. The summed E-state index contributed by atoms with van der Waals surface area (Å²) in [7, 11) is -4.26. The third kappa shape index (κ3) is 4.30. The summed E-state index contributed by atoms with van der Waals surface area (Å²) in [6.45, 7) is 2.61. The Kier molecular flexibility index (Phi) is 6.12. The average Bonchev–Trinajstić information content (AvgIpc) is 3.14. The van der Waals surface area contributed by atoms with Crippen molar-refractivity contribution in [2.24, 2.45) is 0 Å². The Morgan fingerprint density at radius 1 is 1.11 bits per heavy atom. The number of amides is 1. The van der Waals surface area contributed by atoms with Crippen LogP contribution in [-0.4, -0.2) is 61.8 Å². The summed E-state index contributed by atoms with van der Waals surface area (Å²) in [6, 6.07) is 2.85. The summed E-state index contributed by atoms with van der Waals surface area (Å²) in [5, 5.41) is 3.05. The van der Waals surface area contributed by atoms with Crippen molar-refractivity contribution >= 4 is 15.9 Å². The molecule has 0 bridgehead atoms. The van der Waals surface area contributed by atoms with Crippen molar-refractivity contribution < 1.29 is 22.0 Å². The van der Waals surface area contributed by atoms with Crippen molar-refractivity contribution in [2.45, 2.75) is 49.6 Å². The van der Waals surface area contributed by atoms with Crippen LogP contribution in [0.3, 0.4) is 0 Å². The molecule has 27 heavy (non-hydrogen) atoms. The molecular formula is C18H25F2N3O3S. The molecule has 2 aliphatic rings. The van der Waals surface area contributed by atoms with E-state index < -0.39 is 26.6 Å². The number of carbonyl (C=O) groups is 1. The van der Waals surface area contributed by atoms with E-state index in [2.05, 4.69) is 5.32 Å². The van der Waals surface area contributed by atoms with Crippen LogP contribution in [0.4, 0.5) is 8.78 Å². The number of rotatable bonds is 5. The number of carbonyl (C=O) groups excluding carboxylic acids is 1. The van der Waals surface area contributed by atoms with Gasteiger partial charge in [-0.15, -0.1) is 0 Å². The van der Waals surface area contributed by atoms with E-state index in [1.165, 1.54) is 0 Å². The van der Waals surface area contributed by atoms with Crippen LogP contribution in [0.1, 0.15) is 32.6 Å². The molecule has 0 radical (unpaired) electrons. The Morgan fingerprint density at radius 2 is 1.67 bits per heavy atom. The zero-order valence-corrected chi connectivity index (χ0v) is 16.1. The smallest absolute Gasteiger partial charge is 0.249 e. The van der Waals surface area contributed by atoms with Crippen molar-refractivity contribution in [2.75, 3.05) is 26.2 Å². The minimum absolute atomic E-state index is 0.0571. The zero-order valence-electron chi connectivity index (χ0n) is 15.3. The van der Waals surface area contributed by atoms with Crippen LogP contribution >= 0.6 is 0 Å². The van der Waals surface area contributed by atoms with Crippen LogP contribution in [-0.2, 0) is 14.8 Å². The highest BCUT2D eigenvalue weighted by molar-refractivity contribution is 7.89. The lowest BCUT2D eigenvalue weighted by molar-refractivity contribution is -0.127. The highest BCUT2D eigenvalue weighted by atomic mass is 32.2. The van der Waals surface area contributed by atoms with Gasteiger partial charge in [0.2, 0.25) is 15.9 Å². The number of sulfonamides is 1. The Morgan fingerprint density at radius 3 is 2.22 bits per heavy atom. The maximum Gasteiger partial charge on any atom is 0.249 e.